The first kappa shape index (κ1) is 51.0. The van der Waals surface area contributed by atoms with Gasteiger partial charge in [-0.15, -0.1) is 0 Å². The lowest BCUT2D eigenvalue weighted by Gasteiger charge is -2.42. The number of amides is 3. The molecule has 4 rings (SSSR count). The van der Waals surface area contributed by atoms with E-state index in [9.17, 15) is 32.7 Å². The van der Waals surface area contributed by atoms with Crippen molar-refractivity contribution in [2.45, 2.75) is 118 Å². The topological polar surface area (TPSA) is 154 Å². The molecular formula is C46H61F3N5O8P. The van der Waals surface area contributed by atoms with Crippen molar-refractivity contribution >= 4 is 37.6 Å². The zero-order valence-electron chi connectivity index (χ0n) is 37.7. The first-order valence-corrected chi connectivity index (χ1v) is 22.5. The van der Waals surface area contributed by atoms with Gasteiger partial charge in [-0.3, -0.25) is 14.4 Å². The minimum absolute atomic E-state index is 0.0440. The molecule has 0 bridgehead atoms. The Labute approximate surface area is 370 Å². The van der Waals surface area contributed by atoms with E-state index in [1.54, 1.807) is 35.2 Å². The SMILES string of the molecule is CCN(C(=O)C(F)(F)F)c1ccc2c(c1)Oc1cc(N(CC)C(C)=O)c(C)cc1C2(OCO)c1cc(C(=O)NCCCCCCOP(OCCC#N)N(C(C)C)C(C)C)ccc1C. The molecule has 1 aliphatic heterocycles. The summed E-state index contributed by atoms with van der Waals surface area (Å²) in [5.41, 5.74) is 1.58. The number of nitrogens with one attached hydrogen (secondary N) is 1. The third-order valence-corrected chi connectivity index (χ3v) is 12.8. The Morgan fingerprint density at radius 2 is 1.51 bits per heavy atom. The standard InChI is InChI=1S/C46H61F3N5O8P/c1-10-52(34(9)56)40-28-42-39(25-33(40)8)45(59-29-55,37-20-19-36(27-41(37)62-42)53(11-2)44(58)46(47,48)49)38-26-35(18-17-32(38)7)43(57)51-22-14-12-13-15-23-60-63(61-24-16-21-50)54(30(3)4)31(5)6/h17-20,25-28,30-31,55H,10-16,22-24,29H2,1-9H3,(H,51,57). The number of nitriles is 1. The highest BCUT2D eigenvalue weighted by atomic mass is 31.2. The number of carbonyl (C=O) groups is 3. The van der Waals surface area contributed by atoms with E-state index in [1.165, 1.54) is 32.0 Å². The molecule has 0 radical (unpaired) electrons. The van der Waals surface area contributed by atoms with Crippen molar-refractivity contribution in [1.82, 2.24) is 9.99 Å². The third-order valence-electron chi connectivity index (χ3n) is 10.7. The van der Waals surface area contributed by atoms with Crippen LogP contribution in [0.3, 0.4) is 0 Å². The van der Waals surface area contributed by atoms with Gasteiger partial charge < -0.3 is 38.7 Å². The van der Waals surface area contributed by atoms with Crippen molar-refractivity contribution < 1.29 is 51.2 Å². The Morgan fingerprint density at radius 1 is 0.857 bits per heavy atom. The van der Waals surface area contributed by atoms with Crippen molar-refractivity contribution in [2.24, 2.45) is 0 Å². The van der Waals surface area contributed by atoms with Gasteiger partial charge in [0.2, 0.25) is 5.91 Å². The Morgan fingerprint density at radius 3 is 2.11 bits per heavy atom. The van der Waals surface area contributed by atoms with Crippen LogP contribution in [0, 0.1) is 25.2 Å². The summed E-state index contributed by atoms with van der Waals surface area (Å²) >= 11 is 0. The molecule has 2 N–H and O–H groups in total. The van der Waals surface area contributed by atoms with Crippen molar-refractivity contribution in [3.8, 4) is 17.6 Å². The van der Waals surface area contributed by atoms with Crippen LogP contribution in [0.25, 0.3) is 0 Å². The molecule has 3 amide bonds. The van der Waals surface area contributed by atoms with E-state index in [1.807, 2.05) is 20.8 Å². The lowest BCUT2D eigenvalue weighted by Crippen LogP contribution is -2.41. The summed E-state index contributed by atoms with van der Waals surface area (Å²) in [5, 5.41) is 22.6. The molecule has 13 nitrogen and oxygen atoms in total. The zero-order valence-corrected chi connectivity index (χ0v) is 38.6. The number of benzene rings is 3. The van der Waals surface area contributed by atoms with Gasteiger partial charge in [0.15, 0.2) is 5.60 Å². The van der Waals surface area contributed by atoms with Gasteiger partial charge in [0, 0.05) is 73.2 Å². The molecule has 2 unspecified atom stereocenters. The predicted molar refractivity (Wildman–Crippen MR) is 237 cm³/mol. The molecule has 1 aliphatic rings. The molecule has 3 aromatic carbocycles. The average molecular weight is 900 g/mol. The number of aliphatic hydroxyl groups is 1. The lowest BCUT2D eigenvalue weighted by atomic mass is 9.75. The molecule has 3 aromatic rings. The first-order chi connectivity index (χ1) is 29.9. The molecule has 17 heteroatoms. The van der Waals surface area contributed by atoms with Gasteiger partial charge in [-0.25, -0.2) is 4.67 Å². The number of carbonyl (C=O) groups excluding carboxylic acids is 3. The minimum Gasteiger partial charge on any atom is -0.456 e. The van der Waals surface area contributed by atoms with Crippen LogP contribution in [-0.2, 0) is 29.0 Å². The number of anilines is 2. The second kappa shape index (κ2) is 22.8. The van der Waals surface area contributed by atoms with Crippen LogP contribution in [0.1, 0.15) is 119 Å². The van der Waals surface area contributed by atoms with Crippen LogP contribution in [0.5, 0.6) is 11.5 Å². The molecule has 0 aromatic heterocycles. The maximum atomic E-state index is 13.8. The fraction of sp³-hybridized carbons (Fsp3) is 0.522. The number of alkyl halides is 3. The van der Waals surface area contributed by atoms with E-state index in [0.29, 0.717) is 76.7 Å². The van der Waals surface area contributed by atoms with Crippen molar-refractivity contribution in [3.63, 3.8) is 0 Å². The largest absolute Gasteiger partial charge is 0.471 e. The fourth-order valence-corrected chi connectivity index (χ4v) is 9.54. The average Bonchev–Trinajstić information content (AvgIpc) is 3.22. The van der Waals surface area contributed by atoms with E-state index >= 15 is 0 Å². The van der Waals surface area contributed by atoms with Crippen molar-refractivity contribution in [3.05, 3.63) is 81.9 Å². The Kier molecular flexibility index (Phi) is 18.5. The number of halogens is 3. The monoisotopic (exact) mass is 899 g/mol. The quantitative estimate of drug-likeness (QED) is 0.0566. The van der Waals surface area contributed by atoms with Crippen LogP contribution in [0.2, 0.25) is 0 Å². The number of ether oxygens (including phenoxy) is 2. The second-order valence-corrected chi connectivity index (χ2v) is 17.2. The van der Waals surface area contributed by atoms with E-state index in [0.717, 1.165) is 19.3 Å². The number of fused-ring (bicyclic) bond motifs is 2. The Hall–Kier alpha value is -4.62. The summed E-state index contributed by atoms with van der Waals surface area (Å²) in [6.45, 7) is 17.1. The zero-order chi connectivity index (χ0) is 46.6. The number of nitrogens with zero attached hydrogens (tertiary/aromatic N) is 4. The van der Waals surface area contributed by atoms with Crippen LogP contribution < -0.4 is 19.9 Å². The number of hydrogen-bond acceptors (Lipinski definition) is 10. The van der Waals surface area contributed by atoms with E-state index in [2.05, 4.69) is 43.8 Å². The summed E-state index contributed by atoms with van der Waals surface area (Å²) in [7, 11) is -1.31. The Bertz CT molecular complexity index is 2100. The highest BCUT2D eigenvalue weighted by Gasteiger charge is 2.48. The van der Waals surface area contributed by atoms with Gasteiger partial charge >= 0.3 is 12.1 Å². The van der Waals surface area contributed by atoms with Gasteiger partial charge in [-0.2, -0.15) is 18.4 Å². The third kappa shape index (κ3) is 11.9. The number of rotatable bonds is 22. The fourth-order valence-electron chi connectivity index (χ4n) is 7.91. The molecule has 0 fully saturated rings. The molecule has 344 valence electrons. The molecular weight excluding hydrogens is 839 g/mol. The molecule has 0 saturated heterocycles. The minimum atomic E-state index is -5.14. The molecule has 0 aliphatic carbocycles. The van der Waals surface area contributed by atoms with Gasteiger partial charge in [0.25, 0.3) is 14.4 Å². The summed E-state index contributed by atoms with van der Waals surface area (Å²) in [4.78, 5) is 41.1. The normalized spacial score (nSPS) is 15.1. The number of hydrogen-bond donors (Lipinski definition) is 2. The van der Waals surface area contributed by atoms with Gasteiger partial charge in [-0.1, -0.05) is 18.9 Å². The highest BCUT2D eigenvalue weighted by Crippen LogP contribution is 2.55. The molecule has 2 atom stereocenters. The smallest absolute Gasteiger partial charge is 0.456 e. The van der Waals surface area contributed by atoms with Crippen LogP contribution >= 0.6 is 8.53 Å². The van der Waals surface area contributed by atoms with Crippen LogP contribution in [0.4, 0.5) is 24.5 Å². The number of aliphatic hydroxyl groups excluding tert-OH is 1. The van der Waals surface area contributed by atoms with Gasteiger partial charge in [-0.05, 0) is 115 Å². The van der Waals surface area contributed by atoms with Crippen molar-refractivity contribution in [1.29, 1.82) is 5.26 Å². The maximum absolute atomic E-state index is 13.8. The summed E-state index contributed by atoms with van der Waals surface area (Å²) < 4.78 is 68.2. The molecule has 0 saturated carbocycles. The van der Waals surface area contributed by atoms with Crippen LogP contribution in [0.15, 0.2) is 48.5 Å². The summed E-state index contributed by atoms with van der Waals surface area (Å²) in [6, 6.07) is 15.2. The van der Waals surface area contributed by atoms with E-state index in [-0.39, 0.29) is 54.1 Å². The maximum Gasteiger partial charge on any atom is 0.471 e. The number of aryl methyl sites for hydroxylation is 2. The first-order valence-electron chi connectivity index (χ1n) is 21.4. The van der Waals surface area contributed by atoms with Gasteiger partial charge in [0.05, 0.1) is 31.4 Å². The van der Waals surface area contributed by atoms with E-state index < -0.39 is 33.0 Å². The Balaban J connectivity index is 1.63. The van der Waals surface area contributed by atoms with E-state index in [4.69, 9.17) is 23.8 Å². The predicted octanol–water partition coefficient (Wildman–Crippen LogP) is 9.54. The molecule has 0 spiro atoms. The second-order valence-electron chi connectivity index (χ2n) is 15.8. The summed E-state index contributed by atoms with van der Waals surface area (Å²) in [6.07, 6.45) is -1.64. The molecule has 63 heavy (non-hydrogen) atoms. The molecule has 1 heterocycles. The van der Waals surface area contributed by atoms with Crippen molar-refractivity contribution in [2.75, 3.05) is 49.4 Å². The van der Waals surface area contributed by atoms with Crippen LogP contribution in [-0.4, -0.2) is 85.4 Å². The lowest BCUT2D eigenvalue weighted by molar-refractivity contribution is -0.170. The van der Waals surface area contributed by atoms with Gasteiger partial charge in [0.1, 0.15) is 18.3 Å². The summed E-state index contributed by atoms with van der Waals surface area (Å²) in [5.74, 6) is -2.39. The number of unbranched alkanes of at least 4 members (excludes halogenated alkanes) is 3. The highest BCUT2D eigenvalue weighted by molar-refractivity contribution is 7.44.